The van der Waals surface area contributed by atoms with E-state index >= 15 is 0 Å². The van der Waals surface area contributed by atoms with Crippen LogP contribution in [0.5, 0.6) is 0 Å². The summed E-state index contributed by atoms with van der Waals surface area (Å²) in [4.78, 5) is 0. The molecule has 4 unspecified atom stereocenters. The summed E-state index contributed by atoms with van der Waals surface area (Å²) in [6.45, 7) is 3.28. The molecule has 0 spiro atoms. The molecule has 2 rings (SSSR count). The largest absolute Gasteiger partial charge is 0.391 e. The topological polar surface area (TPSA) is 32.3 Å². The van der Waals surface area contributed by atoms with Gasteiger partial charge in [-0.3, -0.25) is 0 Å². The highest BCUT2D eigenvalue weighted by atomic mass is 35.5. The van der Waals surface area contributed by atoms with Gasteiger partial charge in [0.05, 0.1) is 6.10 Å². The highest BCUT2D eigenvalue weighted by molar-refractivity contribution is 5.85. The summed E-state index contributed by atoms with van der Waals surface area (Å²) in [6.07, 6.45) is 3.33. The maximum atomic E-state index is 9.68. The third kappa shape index (κ3) is 1.76. The van der Waals surface area contributed by atoms with E-state index in [1.54, 1.807) is 0 Å². The van der Waals surface area contributed by atoms with E-state index in [0.29, 0.717) is 6.04 Å². The molecule has 2 fully saturated rings. The molecule has 1 aliphatic heterocycles. The Balaban J connectivity index is 0.000000720. The van der Waals surface area contributed by atoms with Crippen molar-refractivity contribution in [2.45, 2.75) is 38.3 Å². The molecular formula is C9H18ClNO. The van der Waals surface area contributed by atoms with Crippen LogP contribution in [-0.4, -0.2) is 23.8 Å². The molecule has 1 saturated carbocycles. The van der Waals surface area contributed by atoms with Crippen LogP contribution < -0.4 is 5.32 Å². The summed E-state index contributed by atoms with van der Waals surface area (Å²) in [5, 5.41) is 13.1. The molecule has 72 valence electrons. The van der Waals surface area contributed by atoms with Gasteiger partial charge in [0.15, 0.2) is 0 Å². The van der Waals surface area contributed by atoms with E-state index < -0.39 is 0 Å². The normalized spacial score (nSPS) is 40.0. The number of hydrogen-bond donors (Lipinski definition) is 2. The Hall–Kier alpha value is 0.210. The maximum Gasteiger partial charge on any atom is 0.0695 e. The van der Waals surface area contributed by atoms with Crippen LogP contribution in [0.25, 0.3) is 0 Å². The second-order valence-corrected chi connectivity index (χ2v) is 3.95. The number of hydrogen-bond acceptors (Lipinski definition) is 2. The minimum Gasteiger partial charge on any atom is -0.391 e. The van der Waals surface area contributed by atoms with Crippen molar-refractivity contribution in [1.29, 1.82) is 0 Å². The first kappa shape index (κ1) is 10.3. The molecule has 0 amide bonds. The highest BCUT2D eigenvalue weighted by Crippen LogP contribution is 2.46. The number of fused-ring (bicyclic) bond motifs is 1. The van der Waals surface area contributed by atoms with E-state index in [4.69, 9.17) is 0 Å². The fraction of sp³-hybridized carbons (Fsp3) is 1.00. The third-order valence-corrected chi connectivity index (χ3v) is 3.05. The van der Waals surface area contributed by atoms with Gasteiger partial charge in [0.25, 0.3) is 0 Å². The minimum atomic E-state index is -0.0856. The van der Waals surface area contributed by atoms with Crippen LogP contribution in [-0.2, 0) is 0 Å². The molecule has 0 radical (unpaired) electrons. The average Bonchev–Trinajstić information content (AvgIpc) is 2.63. The Kier molecular flexibility index (Phi) is 3.38. The van der Waals surface area contributed by atoms with Crippen LogP contribution in [0.3, 0.4) is 0 Å². The summed E-state index contributed by atoms with van der Waals surface area (Å²) in [6, 6.07) is 0.431. The number of halogens is 1. The Morgan fingerprint density at radius 3 is 2.75 bits per heavy atom. The Labute approximate surface area is 80.1 Å². The quantitative estimate of drug-likeness (QED) is 0.702. The molecule has 0 bridgehead atoms. The predicted molar refractivity (Wildman–Crippen MR) is 51.6 cm³/mol. The number of nitrogens with one attached hydrogen (secondary N) is 1. The molecule has 2 nitrogen and oxygen atoms in total. The molecule has 0 aromatic heterocycles. The number of aliphatic hydroxyl groups is 1. The first-order chi connectivity index (χ1) is 5.33. The summed E-state index contributed by atoms with van der Waals surface area (Å²) in [7, 11) is 0. The zero-order valence-corrected chi connectivity index (χ0v) is 8.31. The van der Waals surface area contributed by atoms with E-state index in [1.807, 2.05) is 0 Å². The van der Waals surface area contributed by atoms with Gasteiger partial charge in [0.1, 0.15) is 0 Å². The Morgan fingerprint density at radius 1 is 1.58 bits per heavy atom. The lowest BCUT2D eigenvalue weighted by Gasteiger charge is -2.19. The molecule has 3 heteroatoms. The molecule has 2 aliphatic rings. The first-order valence-electron chi connectivity index (χ1n) is 4.74. The molecule has 1 saturated heterocycles. The number of rotatable bonds is 3. The third-order valence-electron chi connectivity index (χ3n) is 3.05. The monoisotopic (exact) mass is 191 g/mol. The molecule has 0 aromatic carbocycles. The molecule has 4 atom stereocenters. The van der Waals surface area contributed by atoms with Gasteiger partial charge in [-0.05, 0) is 31.2 Å². The van der Waals surface area contributed by atoms with Crippen LogP contribution in [0.1, 0.15) is 26.2 Å². The van der Waals surface area contributed by atoms with Gasteiger partial charge < -0.3 is 10.4 Å². The fourth-order valence-corrected chi connectivity index (χ4v) is 2.28. The van der Waals surface area contributed by atoms with Crippen molar-refractivity contribution in [3.05, 3.63) is 0 Å². The van der Waals surface area contributed by atoms with E-state index in [9.17, 15) is 5.11 Å². The zero-order chi connectivity index (χ0) is 7.84. The van der Waals surface area contributed by atoms with Crippen molar-refractivity contribution >= 4 is 12.4 Å². The van der Waals surface area contributed by atoms with Crippen LogP contribution >= 0.6 is 12.4 Å². The van der Waals surface area contributed by atoms with Gasteiger partial charge >= 0.3 is 0 Å². The van der Waals surface area contributed by atoms with Gasteiger partial charge in [0, 0.05) is 6.04 Å². The van der Waals surface area contributed by atoms with Crippen molar-refractivity contribution in [1.82, 2.24) is 5.32 Å². The summed E-state index contributed by atoms with van der Waals surface area (Å²) < 4.78 is 0. The summed E-state index contributed by atoms with van der Waals surface area (Å²) in [5.74, 6) is 1.73. The van der Waals surface area contributed by atoms with Gasteiger partial charge in [-0.15, -0.1) is 12.4 Å². The molecule has 1 heterocycles. The average molecular weight is 192 g/mol. The van der Waals surface area contributed by atoms with Crippen LogP contribution in [0.15, 0.2) is 0 Å². The highest BCUT2D eigenvalue weighted by Gasteiger charge is 2.49. The fourth-order valence-electron chi connectivity index (χ4n) is 2.28. The van der Waals surface area contributed by atoms with E-state index in [1.165, 1.54) is 6.42 Å². The smallest absolute Gasteiger partial charge is 0.0695 e. The lowest BCUT2D eigenvalue weighted by atomic mass is 10.0. The van der Waals surface area contributed by atoms with Crippen molar-refractivity contribution in [2.24, 2.45) is 11.8 Å². The molecule has 0 aromatic rings. The lowest BCUT2D eigenvalue weighted by Crippen LogP contribution is -2.37. The van der Waals surface area contributed by atoms with Crippen LogP contribution in [0.4, 0.5) is 0 Å². The van der Waals surface area contributed by atoms with E-state index in [2.05, 4.69) is 12.2 Å². The predicted octanol–water partition coefficient (Wildman–Crippen LogP) is 1.18. The first-order valence-corrected chi connectivity index (χ1v) is 4.74. The molecule has 12 heavy (non-hydrogen) atoms. The number of aliphatic hydroxyl groups excluding tert-OH is 1. The molecular weight excluding hydrogens is 174 g/mol. The van der Waals surface area contributed by atoms with Crippen LogP contribution in [0, 0.1) is 11.8 Å². The van der Waals surface area contributed by atoms with Gasteiger partial charge in [0.2, 0.25) is 0 Å². The van der Waals surface area contributed by atoms with Crippen molar-refractivity contribution in [2.75, 3.05) is 6.54 Å². The van der Waals surface area contributed by atoms with Gasteiger partial charge in [-0.1, -0.05) is 13.3 Å². The minimum absolute atomic E-state index is 0. The van der Waals surface area contributed by atoms with Gasteiger partial charge in [-0.2, -0.15) is 0 Å². The van der Waals surface area contributed by atoms with E-state index in [-0.39, 0.29) is 18.5 Å². The van der Waals surface area contributed by atoms with Crippen molar-refractivity contribution < 1.29 is 5.11 Å². The van der Waals surface area contributed by atoms with Gasteiger partial charge in [-0.25, -0.2) is 0 Å². The second-order valence-electron chi connectivity index (χ2n) is 3.95. The van der Waals surface area contributed by atoms with Crippen molar-refractivity contribution in [3.63, 3.8) is 0 Å². The molecule has 2 N–H and O–H groups in total. The standard InChI is InChI=1S/C9H17NO.ClH/c1-2-3-8(11)9-7-4-6(7)5-10-9;/h6-11H,2-5H2,1H3;1H. The maximum absolute atomic E-state index is 9.68. The molecule has 1 aliphatic carbocycles. The van der Waals surface area contributed by atoms with Crippen molar-refractivity contribution in [3.8, 4) is 0 Å². The second kappa shape index (κ2) is 3.95. The summed E-state index contributed by atoms with van der Waals surface area (Å²) in [5.41, 5.74) is 0. The number of piperidine rings is 1. The lowest BCUT2D eigenvalue weighted by molar-refractivity contribution is 0.116. The SMILES string of the molecule is CCCC(O)C1NCC2CC21.Cl. The Morgan fingerprint density at radius 2 is 2.33 bits per heavy atom. The summed E-state index contributed by atoms with van der Waals surface area (Å²) >= 11 is 0. The van der Waals surface area contributed by atoms with Crippen LogP contribution in [0.2, 0.25) is 0 Å². The van der Waals surface area contributed by atoms with E-state index in [0.717, 1.165) is 31.2 Å². The zero-order valence-electron chi connectivity index (χ0n) is 7.49. The Bertz CT molecular complexity index is 153.